The second-order valence-electron chi connectivity index (χ2n) is 8.10. The number of hydrogen-bond donors (Lipinski definition) is 1. The van der Waals surface area contributed by atoms with Crippen molar-refractivity contribution < 1.29 is 13.2 Å². The van der Waals surface area contributed by atoms with Gasteiger partial charge in [-0.25, -0.2) is 8.42 Å². The van der Waals surface area contributed by atoms with Crippen molar-refractivity contribution in [2.24, 2.45) is 5.92 Å². The van der Waals surface area contributed by atoms with Crippen molar-refractivity contribution in [3.8, 4) is 0 Å². The third-order valence-corrected chi connectivity index (χ3v) is 7.86. The molecule has 1 aliphatic rings. The number of amides is 1. The van der Waals surface area contributed by atoms with Crippen LogP contribution in [0.25, 0.3) is 0 Å². The number of carbonyl (C=O) groups excluding carboxylic acids is 1. The van der Waals surface area contributed by atoms with Crippen LogP contribution in [-0.2, 0) is 10.0 Å². The lowest BCUT2D eigenvalue weighted by Crippen LogP contribution is -2.33. The van der Waals surface area contributed by atoms with Crippen LogP contribution < -0.4 is 10.2 Å². The number of sulfonamides is 1. The highest BCUT2D eigenvalue weighted by atomic mass is 35.5. The summed E-state index contributed by atoms with van der Waals surface area (Å²) in [6.07, 6.45) is 1.18. The summed E-state index contributed by atoms with van der Waals surface area (Å²) in [6.45, 7) is 7.88. The van der Waals surface area contributed by atoms with Crippen LogP contribution in [0, 0.1) is 5.92 Å². The molecule has 6 nitrogen and oxygen atoms in total. The fraction of sp³-hybridized carbons (Fsp3) is 0.409. The molecule has 162 valence electrons. The lowest BCUT2D eigenvalue weighted by molar-refractivity contribution is 0.102. The summed E-state index contributed by atoms with van der Waals surface area (Å²) in [5.41, 5.74) is 1.87. The number of carbonyl (C=O) groups is 1. The number of nitrogens with zero attached hydrogens (tertiary/aromatic N) is 2. The Balaban J connectivity index is 1.78. The van der Waals surface area contributed by atoms with E-state index in [0.717, 1.165) is 18.8 Å². The molecule has 1 atom stereocenters. The first-order chi connectivity index (χ1) is 14.1. The average Bonchev–Trinajstić information content (AvgIpc) is 3.14. The number of hydrogen-bond acceptors (Lipinski definition) is 4. The van der Waals surface area contributed by atoms with Crippen LogP contribution in [0.2, 0.25) is 5.02 Å². The zero-order valence-electron chi connectivity index (χ0n) is 17.7. The summed E-state index contributed by atoms with van der Waals surface area (Å²) in [6, 6.07) is 11.6. The second kappa shape index (κ2) is 8.96. The molecule has 1 fully saturated rings. The molecule has 30 heavy (non-hydrogen) atoms. The van der Waals surface area contributed by atoms with E-state index in [9.17, 15) is 13.2 Å². The van der Waals surface area contributed by atoms with Gasteiger partial charge in [0.15, 0.2) is 0 Å². The molecule has 1 heterocycles. The van der Waals surface area contributed by atoms with Crippen LogP contribution in [0.3, 0.4) is 0 Å². The molecule has 2 aromatic rings. The molecule has 3 rings (SSSR count). The molecule has 0 aliphatic carbocycles. The predicted molar refractivity (Wildman–Crippen MR) is 122 cm³/mol. The van der Waals surface area contributed by atoms with Gasteiger partial charge in [-0.05, 0) is 68.7 Å². The highest BCUT2D eigenvalue weighted by molar-refractivity contribution is 7.89. The van der Waals surface area contributed by atoms with E-state index in [0.29, 0.717) is 11.6 Å². The molecule has 0 spiro atoms. The minimum absolute atomic E-state index is 0.0340. The summed E-state index contributed by atoms with van der Waals surface area (Å²) in [4.78, 5) is 15.1. The zero-order chi connectivity index (χ0) is 22.1. The highest BCUT2D eigenvalue weighted by Gasteiger charge is 2.25. The van der Waals surface area contributed by atoms with Gasteiger partial charge < -0.3 is 10.2 Å². The van der Waals surface area contributed by atoms with Crippen molar-refractivity contribution in [2.45, 2.75) is 38.1 Å². The van der Waals surface area contributed by atoms with E-state index in [2.05, 4.69) is 17.1 Å². The fourth-order valence-electron chi connectivity index (χ4n) is 3.41. The fourth-order valence-corrected chi connectivity index (χ4v) is 5.00. The van der Waals surface area contributed by atoms with Gasteiger partial charge >= 0.3 is 0 Å². The van der Waals surface area contributed by atoms with Gasteiger partial charge in [0.1, 0.15) is 0 Å². The van der Waals surface area contributed by atoms with Crippen LogP contribution in [0.1, 0.15) is 37.6 Å². The van der Waals surface area contributed by atoms with Gasteiger partial charge in [-0.2, -0.15) is 4.31 Å². The Morgan fingerprint density at radius 2 is 1.87 bits per heavy atom. The minimum Gasteiger partial charge on any atom is -0.371 e. The minimum atomic E-state index is -3.71. The second-order valence-corrected chi connectivity index (χ2v) is 10.5. The van der Waals surface area contributed by atoms with Crippen LogP contribution in [0.5, 0.6) is 0 Å². The van der Waals surface area contributed by atoms with Crippen LogP contribution in [0.4, 0.5) is 11.4 Å². The Morgan fingerprint density at radius 1 is 1.20 bits per heavy atom. The van der Waals surface area contributed by atoms with E-state index in [1.807, 2.05) is 24.3 Å². The number of rotatable bonds is 6. The van der Waals surface area contributed by atoms with Crippen molar-refractivity contribution in [1.82, 2.24) is 4.31 Å². The molecule has 1 unspecified atom stereocenters. The first kappa shape index (κ1) is 22.6. The molecule has 8 heteroatoms. The molecule has 1 saturated heterocycles. The van der Waals surface area contributed by atoms with Gasteiger partial charge in [0.2, 0.25) is 10.0 Å². The number of halogens is 1. The number of nitrogens with one attached hydrogen (secondary N) is 1. The maximum Gasteiger partial charge on any atom is 0.257 e. The Morgan fingerprint density at radius 3 is 2.43 bits per heavy atom. The number of anilines is 2. The molecule has 1 aliphatic heterocycles. The van der Waals surface area contributed by atoms with E-state index in [4.69, 9.17) is 11.6 Å². The molecular weight excluding hydrogens is 422 g/mol. The molecular formula is C22H28ClN3O3S. The first-order valence-corrected chi connectivity index (χ1v) is 11.9. The Hall–Kier alpha value is -2.09. The molecule has 0 aromatic heterocycles. The molecule has 1 N–H and O–H groups in total. The summed E-state index contributed by atoms with van der Waals surface area (Å²) in [5, 5.41) is 3.00. The van der Waals surface area contributed by atoms with E-state index in [-0.39, 0.29) is 21.5 Å². The highest BCUT2D eigenvalue weighted by Crippen LogP contribution is 2.27. The summed E-state index contributed by atoms with van der Waals surface area (Å²) < 4.78 is 26.8. The van der Waals surface area contributed by atoms with Gasteiger partial charge in [-0.3, -0.25) is 4.79 Å². The monoisotopic (exact) mass is 449 g/mol. The Bertz CT molecular complexity index is 1020. The Labute approximate surface area is 183 Å². The van der Waals surface area contributed by atoms with Gasteiger partial charge in [0.25, 0.3) is 5.91 Å². The lowest BCUT2D eigenvalue weighted by atomic mass is 10.2. The smallest absolute Gasteiger partial charge is 0.257 e. The molecule has 0 radical (unpaired) electrons. The first-order valence-electron chi connectivity index (χ1n) is 10.0. The molecule has 2 aromatic carbocycles. The van der Waals surface area contributed by atoms with Crippen LogP contribution in [-0.4, -0.2) is 44.8 Å². The normalized spacial score (nSPS) is 17.0. The van der Waals surface area contributed by atoms with E-state index in [1.165, 1.54) is 36.0 Å². The van der Waals surface area contributed by atoms with Gasteiger partial charge in [0.05, 0.1) is 15.5 Å². The average molecular weight is 450 g/mol. The SMILES string of the molecule is CC1CCN(c2ccc(NC(=O)c3cc(S(=O)(=O)N(C)C(C)C)ccc3Cl)cc2)C1. The van der Waals surface area contributed by atoms with Crippen molar-refractivity contribution in [3.63, 3.8) is 0 Å². The quantitative estimate of drug-likeness (QED) is 0.706. The Kier molecular flexibility index (Phi) is 6.75. The third kappa shape index (κ3) is 4.79. The van der Waals surface area contributed by atoms with Gasteiger partial charge in [-0.15, -0.1) is 0 Å². The van der Waals surface area contributed by atoms with Gasteiger partial charge in [-0.1, -0.05) is 18.5 Å². The van der Waals surface area contributed by atoms with Crippen molar-refractivity contribution >= 4 is 38.9 Å². The summed E-state index contributed by atoms with van der Waals surface area (Å²) >= 11 is 6.20. The topological polar surface area (TPSA) is 69.7 Å². The largest absolute Gasteiger partial charge is 0.371 e. The number of benzene rings is 2. The third-order valence-electron chi connectivity index (χ3n) is 5.50. The lowest BCUT2D eigenvalue weighted by Gasteiger charge is -2.21. The van der Waals surface area contributed by atoms with E-state index >= 15 is 0 Å². The van der Waals surface area contributed by atoms with E-state index in [1.54, 1.807) is 13.8 Å². The predicted octanol–water partition coefficient (Wildman–Crippen LogP) is 4.47. The molecule has 0 saturated carbocycles. The van der Waals surface area contributed by atoms with Crippen LogP contribution >= 0.6 is 11.6 Å². The van der Waals surface area contributed by atoms with Gasteiger partial charge in [0, 0.05) is 37.6 Å². The van der Waals surface area contributed by atoms with E-state index < -0.39 is 15.9 Å². The maximum absolute atomic E-state index is 12.8. The maximum atomic E-state index is 12.8. The van der Waals surface area contributed by atoms with Crippen molar-refractivity contribution in [3.05, 3.63) is 53.1 Å². The zero-order valence-corrected chi connectivity index (χ0v) is 19.3. The standard InChI is InChI=1S/C22H28ClN3O3S/c1-15(2)25(4)30(28,29)19-9-10-21(23)20(13-19)22(27)24-17-5-7-18(8-6-17)26-12-11-16(3)14-26/h5-10,13,15-16H,11-12,14H2,1-4H3,(H,24,27). The van der Waals surface area contributed by atoms with Crippen molar-refractivity contribution in [2.75, 3.05) is 30.4 Å². The summed E-state index contributed by atoms with van der Waals surface area (Å²) in [5.74, 6) is 0.233. The van der Waals surface area contributed by atoms with Crippen LogP contribution in [0.15, 0.2) is 47.4 Å². The summed E-state index contributed by atoms with van der Waals surface area (Å²) in [7, 11) is -2.20. The molecule has 0 bridgehead atoms. The van der Waals surface area contributed by atoms with Crippen molar-refractivity contribution in [1.29, 1.82) is 0 Å². The molecule has 1 amide bonds.